The van der Waals surface area contributed by atoms with Crippen LogP contribution in [0.25, 0.3) is 11.4 Å². The Bertz CT molecular complexity index is 1260. The summed E-state index contributed by atoms with van der Waals surface area (Å²) in [6.07, 6.45) is 1.74. The Hall–Kier alpha value is -2.92. The lowest BCUT2D eigenvalue weighted by molar-refractivity contribution is 0.0398. The van der Waals surface area contributed by atoms with E-state index >= 15 is 0 Å². The quantitative estimate of drug-likeness (QED) is 0.473. The first-order chi connectivity index (χ1) is 17.1. The molecule has 2 aromatic heterocycles. The van der Waals surface area contributed by atoms with E-state index in [1.807, 2.05) is 5.38 Å². The summed E-state index contributed by atoms with van der Waals surface area (Å²) in [5.41, 5.74) is 2.76. The average molecular weight is 516 g/mol. The fourth-order valence-electron chi connectivity index (χ4n) is 3.88. The molecule has 0 bridgehead atoms. The monoisotopic (exact) mass is 515 g/mol. The second kappa shape index (κ2) is 10.8. The van der Waals surface area contributed by atoms with E-state index in [4.69, 9.17) is 21.1 Å². The predicted molar refractivity (Wildman–Crippen MR) is 134 cm³/mol. The van der Waals surface area contributed by atoms with Crippen molar-refractivity contribution in [2.75, 3.05) is 51.3 Å². The summed E-state index contributed by atoms with van der Waals surface area (Å²) >= 11 is 7.31. The molecule has 1 fully saturated rings. The number of thiazole rings is 1. The molecule has 1 N–H and O–H groups in total. The zero-order valence-corrected chi connectivity index (χ0v) is 20.4. The van der Waals surface area contributed by atoms with Crippen LogP contribution in [0.5, 0.6) is 5.75 Å². The number of nitrogens with one attached hydrogen (secondary N) is 1. The number of hydrogen-bond acceptors (Lipinski definition) is 9. The molecular weight excluding hydrogens is 493 g/mol. The predicted octanol–water partition coefficient (Wildman–Crippen LogP) is 4.48. The standard InChI is InChI=1S/C24H23ClFN5O3S/c25-18-12-16(1-2-19(18)26)34-13-15-11-21(32)17-3-4-27-23(22(17)29-15)20-14-35-24(30-20)28-5-6-31-7-9-33-10-8-31/h1-4,12,14H,5-11,13H2,(H,28,30). The number of rotatable bonds is 8. The maximum absolute atomic E-state index is 13.4. The molecular formula is C24H23ClFN5O3S. The van der Waals surface area contributed by atoms with Crippen LogP contribution in [0.4, 0.5) is 15.2 Å². The summed E-state index contributed by atoms with van der Waals surface area (Å²) in [6.45, 7) is 5.20. The van der Waals surface area contributed by atoms with Crippen molar-refractivity contribution in [3.63, 3.8) is 0 Å². The molecule has 0 unspecified atom stereocenters. The molecule has 2 aliphatic heterocycles. The van der Waals surface area contributed by atoms with Gasteiger partial charge in [0.05, 0.1) is 30.4 Å². The van der Waals surface area contributed by atoms with Crippen LogP contribution in [-0.4, -0.2) is 72.4 Å². The fourth-order valence-corrected chi connectivity index (χ4v) is 4.78. The Morgan fingerprint density at radius 3 is 2.94 bits per heavy atom. The smallest absolute Gasteiger partial charge is 0.183 e. The summed E-state index contributed by atoms with van der Waals surface area (Å²) in [7, 11) is 0. The van der Waals surface area contributed by atoms with Crippen LogP contribution >= 0.6 is 22.9 Å². The number of morpholine rings is 1. The minimum atomic E-state index is -0.521. The van der Waals surface area contributed by atoms with Crippen LogP contribution in [0.2, 0.25) is 5.02 Å². The highest BCUT2D eigenvalue weighted by atomic mass is 35.5. The molecule has 0 radical (unpaired) electrons. The van der Waals surface area contributed by atoms with Crippen molar-refractivity contribution in [3.8, 4) is 17.1 Å². The number of fused-ring (bicyclic) bond motifs is 1. The fraction of sp³-hybridized carbons (Fsp3) is 0.333. The Balaban J connectivity index is 1.29. The van der Waals surface area contributed by atoms with Crippen LogP contribution in [0.15, 0.2) is 40.8 Å². The molecule has 1 aromatic carbocycles. The highest BCUT2D eigenvalue weighted by molar-refractivity contribution is 7.14. The topological polar surface area (TPSA) is 88.9 Å². The van der Waals surface area contributed by atoms with Crippen LogP contribution in [-0.2, 0) is 4.74 Å². The lowest BCUT2D eigenvalue weighted by Crippen LogP contribution is -2.38. The van der Waals surface area contributed by atoms with Crippen molar-refractivity contribution in [2.45, 2.75) is 6.42 Å². The summed E-state index contributed by atoms with van der Waals surface area (Å²) in [5, 5.41) is 6.03. The minimum Gasteiger partial charge on any atom is -0.488 e. The zero-order valence-electron chi connectivity index (χ0n) is 18.8. The van der Waals surface area contributed by atoms with E-state index in [-0.39, 0.29) is 23.8 Å². The first-order valence-electron chi connectivity index (χ1n) is 11.2. The summed E-state index contributed by atoms with van der Waals surface area (Å²) in [6, 6.07) is 5.79. The maximum atomic E-state index is 13.4. The number of nitrogens with zero attached hydrogens (tertiary/aromatic N) is 4. The third kappa shape index (κ3) is 5.67. The Kier molecular flexibility index (Phi) is 7.33. The number of ether oxygens (including phenoxy) is 2. The number of pyridine rings is 1. The average Bonchev–Trinajstić information content (AvgIpc) is 3.34. The van der Waals surface area contributed by atoms with Gasteiger partial charge in [-0.3, -0.25) is 19.7 Å². The van der Waals surface area contributed by atoms with Gasteiger partial charge in [-0.2, -0.15) is 0 Å². The molecule has 182 valence electrons. The Labute approximate surface area is 210 Å². The lowest BCUT2D eigenvalue weighted by atomic mass is 9.99. The molecule has 8 nitrogen and oxygen atoms in total. The van der Waals surface area contributed by atoms with E-state index in [0.717, 1.165) is 44.5 Å². The van der Waals surface area contributed by atoms with Gasteiger partial charge in [0.2, 0.25) is 0 Å². The largest absolute Gasteiger partial charge is 0.488 e. The van der Waals surface area contributed by atoms with E-state index in [2.05, 4.69) is 25.2 Å². The molecule has 0 saturated carbocycles. The molecule has 0 aliphatic carbocycles. The number of carbonyl (C=O) groups excluding carboxylic acids is 1. The van der Waals surface area contributed by atoms with Crippen molar-refractivity contribution in [3.05, 3.63) is 52.2 Å². The number of hydrogen-bond donors (Lipinski definition) is 1. The SMILES string of the molecule is O=C1CC(COc2ccc(F)c(Cl)c2)=Nc2c1ccnc2-c1csc(NCCN2CCOCC2)n1. The van der Waals surface area contributed by atoms with Crippen molar-refractivity contribution in [2.24, 2.45) is 4.99 Å². The molecule has 0 atom stereocenters. The molecule has 35 heavy (non-hydrogen) atoms. The summed E-state index contributed by atoms with van der Waals surface area (Å²) in [4.78, 5) is 29.0. The molecule has 1 saturated heterocycles. The van der Waals surface area contributed by atoms with Gasteiger partial charge in [-0.05, 0) is 18.2 Å². The van der Waals surface area contributed by atoms with Gasteiger partial charge in [0.15, 0.2) is 10.9 Å². The van der Waals surface area contributed by atoms with Gasteiger partial charge in [-0.25, -0.2) is 9.37 Å². The zero-order chi connectivity index (χ0) is 24.2. The lowest BCUT2D eigenvalue weighted by Gasteiger charge is -2.26. The van der Waals surface area contributed by atoms with Crippen LogP contribution in [0.1, 0.15) is 16.8 Å². The van der Waals surface area contributed by atoms with Gasteiger partial charge in [0.1, 0.15) is 35.2 Å². The number of aromatic nitrogens is 2. The van der Waals surface area contributed by atoms with Crippen molar-refractivity contribution in [1.82, 2.24) is 14.9 Å². The Morgan fingerprint density at radius 1 is 1.26 bits per heavy atom. The van der Waals surface area contributed by atoms with E-state index in [0.29, 0.717) is 34.1 Å². The third-order valence-electron chi connectivity index (χ3n) is 5.71. The number of benzene rings is 1. The van der Waals surface area contributed by atoms with Gasteiger partial charge in [0, 0.05) is 49.4 Å². The van der Waals surface area contributed by atoms with Gasteiger partial charge >= 0.3 is 0 Å². The van der Waals surface area contributed by atoms with Crippen molar-refractivity contribution >= 4 is 45.3 Å². The van der Waals surface area contributed by atoms with Gasteiger partial charge in [-0.1, -0.05) is 11.6 Å². The highest BCUT2D eigenvalue weighted by Crippen LogP contribution is 2.36. The number of Topliss-reactive ketones (excluding diaryl/α,β-unsaturated/α-hetero) is 1. The second-order valence-corrected chi connectivity index (χ2v) is 9.38. The van der Waals surface area contributed by atoms with Crippen molar-refractivity contribution in [1.29, 1.82) is 0 Å². The number of anilines is 1. The highest BCUT2D eigenvalue weighted by Gasteiger charge is 2.25. The van der Waals surface area contributed by atoms with E-state index in [1.165, 1.54) is 29.5 Å². The first-order valence-corrected chi connectivity index (χ1v) is 12.5. The second-order valence-electron chi connectivity index (χ2n) is 8.12. The number of ketones is 1. The minimum absolute atomic E-state index is 0.0288. The Morgan fingerprint density at radius 2 is 2.11 bits per heavy atom. The molecule has 5 rings (SSSR count). The number of halogens is 2. The van der Waals surface area contributed by atoms with Gasteiger partial charge < -0.3 is 14.8 Å². The number of aliphatic imine (C=N–C) groups is 1. The maximum Gasteiger partial charge on any atom is 0.183 e. The van der Waals surface area contributed by atoms with Crippen LogP contribution in [0, 0.1) is 5.82 Å². The molecule has 4 heterocycles. The van der Waals surface area contributed by atoms with Crippen LogP contribution < -0.4 is 10.1 Å². The molecule has 0 amide bonds. The number of carbonyl (C=O) groups is 1. The molecule has 2 aliphatic rings. The van der Waals surface area contributed by atoms with Crippen molar-refractivity contribution < 1.29 is 18.7 Å². The summed E-state index contributed by atoms with van der Waals surface area (Å²) < 4.78 is 24.5. The van der Waals surface area contributed by atoms with E-state index in [1.54, 1.807) is 12.3 Å². The normalized spacial score (nSPS) is 16.1. The summed E-state index contributed by atoms with van der Waals surface area (Å²) in [5.74, 6) is -0.184. The first kappa shape index (κ1) is 23.8. The van der Waals surface area contributed by atoms with Gasteiger partial charge in [-0.15, -0.1) is 11.3 Å². The van der Waals surface area contributed by atoms with Gasteiger partial charge in [0.25, 0.3) is 0 Å². The molecule has 0 spiro atoms. The third-order valence-corrected chi connectivity index (χ3v) is 6.80. The molecule has 3 aromatic rings. The van der Waals surface area contributed by atoms with Crippen LogP contribution in [0.3, 0.4) is 0 Å². The molecule has 11 heteroatoms. The van der Waals surface area contributed by atoms with E-state index < -0.39 is 5.82 Å². The van der Waals surface area contributed by atoms with E-state index in [9.17, 15) is 9.18 Å².